The number of nitrogens with one attached hydrogen (secondary N) is 1. The molecule has 0 saturated carbocycles. The van der Waals surface area contributed by atoms with Gasteiger partial charge in [-0.3, -0.25) is 0 Å². The monoisotopic (exact) mass is 198 g/mol. The van der Waals surface area contributed by atoms with Gasteiger partial charge in [0.15, 0.2) is 10.9 Å². The van der Waals surface area contributed by atoms with E-state index in [0.717, 1.165) is 19.5 Å². The molecule has 1 aliphatic heterocycles. The van der Waals surface area contributed by atoms with Crippen LogP contribution in [0.3, 0.4) is 0 Å². The minimum absolute atomic E-state index is 0.238. The zero-order valence-electron chi connectivity index (χ0n) is 7.16. The second kappa shape index (κ2) is 3.94. The van der Waals surface area contributed by atoms with Crippen molar-refractivity contribution in [2.75, 3.05) is 13.1 Å². The zero-order chi connectivity index (χ0) is 9.10. The summed E-state index contributed by atoms with van der Waals surface area (Å²) in [5, 5.41) is 3.66. The Balaban J connectivity index is 2.04. The van der Waals surface area contributed by atoms with Crippen molar-refractivity contribution in [2.45, 2.75) is 12.5 Å². The summed E-state index contributed by atoms with van der Waals surface area (Å²) in [4.78, 5) is 3.94. The molecule has 13 heavy (non-hydrogen) atoms. The topological polar surface area (TPSA) is 34.1 Å². The second-order valence-electron chi connectivity index (χ2n) is 3.03. The number of pyridine rings is 1. The van der Waals surface area contributed by atoms with Gasteiger partial charge in [0.1, 0.15) is 6.10 Å². The van der Waals surface area contributed by atoms with Gasteiger partial charge in [0.25, 0.3) is 0 Å². The Kier molecular flexibility index (Phi) is 2.66. The number of aromatic nitrogens is 1. The Hall–Kier alpha value is -0.800. The van der Waals surface area contributed by atoms with Crippen LogP contribution in [0.25, 0.3) is 0 Å². The molecule has 4 heteroatoms. The minimum atomic E-state index is 0.238. The predicted molar refractivity (Wildman–Crippen MR) is 51.1 cm³/mol. The van der Waals surface area contributed by atoms with Gasteiger partial charge in [-0.15, -0.1) is 0 Å². The molecule has 1 fully saturated rings. The van der Waals surface area contributed by atoms with Crippen molar-refractivity contribution in [1.82, 2.24) is 10.3 Å². The van der Waals surface area contributed by atoms with E-state index in [4.69, 9.17) is 16.3 Å². The van der Waals surface area contributed by atoms with Gasteiger partial charge in [0.2, 0.25) is 0 Å². The highest BCUT2D eigenvalue weighted by molar-refractivity contribution is 6.30. The average Bonchev–Trinajstić information content (AvgIpc) is 2.61. The molecule has 0 aromatic carbocycles. The molecule has 0 bridgehead atoms. The summed E-state index contributed by atoms with van der Waals surface area (Å²) in [5.74, 6) is 0.679. The Bertz CT molecular complexity index is 287. The van der Waals surface area contributed by atoms with E-state index >= 15 is 0 Å². The lowest BCUT2D eigenvalue weighted by Gasteiger charge is -2.12. The highest BCUT2D eigenvalue weighted by atomic mass is 35.5. The van der Waals surface area contributed by atoms with Crippen LogP contribution in [0.5, 0.6) is 5.75 Å². The van der Waals surface area contributed by atoms with Crippen LogP contribution in [0.2, 0.25) is 5.15 Å². The number of ether oxygens (including phenoxy) is 1. The molecule has 1 atom stereocenters. The third-order valence-electron chi connectivity index (χ3n) is 2.03. The van der Waals surface area contributed by atoms with E-state index in [-0.39, 0.29) is 6.10 Å². The van der Waals surface area contributed by atoms with Crippen LogP contribution >= 0.6 is 11.6 Å². The summed E-state index contributed by atoms with van der Waals surface area (Å²) < 4.78 is 5.65. The molecule has 0 spiro atoms. The van der Waals surface area contributed by atoms with Crippen LogP contribution in [0.4, 0.5) is 0 Å². The first-order valence-corrected chi connectivity index (χ1v) is 4.72. The smallest absolute Gasteiger partial charge is 0.171 e. The van der Waals surface area contributed by atoms with Crippen LogP contribution in [0, 0.1) is 0 Å². The molecule has 1 unspecified atom stereocenters. The fraction of sp³-hybridized carbons (Fsp3) is 0.444. The van der Waals surface area contributed by atoms with Crippen molar-refractivity contribution in [3.63, 3.8) is 0 Å². The van der Waals surface area contributed by atoms with Gasteiger partial charge in [0.05, 0.1) is 0 Å². The summed E-state index contributed by atoms with van der Waals surface area (Å²) >= 11 is 5.85. The molecule has 3 nitrogen and oxygen atoms in total. The fourth-order valence-corrected chi connectivity index (χ4v) is 1.53. The van der Waals surface area contributed by atoms with Crippen molar-refractivity contribution >= 4 is 11.6 Å². The van der Waals surface area contributed by atoms with Crippen LogP contribution in [0.1, 0.15) is 6.42 Å². The Morgan fingerprint density at radius 3 is 3.23 bits per heavy atom. The van der Waals surface area contributed by atoms with E-state index in [9.17, 15) is 0 Å². The highest BCUT2D eigenvalue weighted by Crippen LogP contribution is 2.22. The number of halogens is 1. The summed E-state index contributed by atoms with van der Waals surface area (Å²) in [7, 11) is 0. The molecule has 1 saturated heterocycles. The molecule has 1 N–H and O–H groups in total. The summed E-state index contributed by atoms with van der Waals surface area (Å²) in [6, 6.07) is 3.66. The Morgan fingerprint density at radius 2 is 2.54 bits per heavy atom. The third-order valence-corrected chi connectivity index (χ3v) is 2.32. The summed E-state index contributed by atoms with van der Waals surface area (Å²) in [5.41, 5.74) is 0. The molecule has 1 aromatic heterocycles. The maximum atomic E-state index is 5.85. The van der Waals surface area contributed by atoms with E-state index in [1.165, 1.54) is 0 Å². The molecule has 0 aliphatic carbocycles. The van der Waals surface area contributed by atoms with Crippen molar-refractivity contribution < 1.29 is 4.74 Å². The average molecular weight is 199 g/mol. The lowest BCUT2D eigenvalue weighted by atomic mass is 10.3. The maximum Gasteiger partial charge on any atom is 0.171 e. The lowest BCUT2D eigenvalue weighted by molar-refractivity contribution is 0.222. The molecule has 1 aromatic rings. The van der Waals surface area contributed by atoms with Gasteiger partial charge in [-0.25, -0.2) is 4.98 Å². The van der Waals surface area contributed by atoms with E-state index < -0.39 is 0 Å². The normalized spacial score (nSPS) is 21.8. The molecule has 70 valence electrons. The van der Waals surface area contributed by atoms with Crippen molar-refractivity contribution in [3.05, 3.63) is 23.5 Å². The van der Waals surface area contributed by atoms with Gasteiger partial charge < -0.3 is 10.1 Å². The first-order chi connectivity index (χ1) is 6.36. The molecular weight excluding hydrogens is 188 g/mol. The minimum Gasteiger partial charge on any atom is -0.486 e. The number of hydrogen-bond acceptors (Lipinski definition) is 3. The third kappa shape index (κ3) is 2.11. The molecule has 0 amide bonds. The lowest BCUT2D eigenvalue weighted by Crippen LogP contribution is -2.19. The van der Waals surface area contributed by atoms with Gasteiger partial charge in [-0.2, -0.15) is 0 Å². The van der Waals surface area contributed by atoms with Crippen LogP contribution in [0.15, 0.2) is 18.3 Å². The van der Waals surface area contributed by atoms with Gasteiger partial charge in [-0.05, 0) is 25.1 Å². The summed E-state index contributed by atoms with van der Waals surface area (Å²) in [6.07, 6.45) is 2.93. The number of nitrogens with zero attached hydrogens (tertiary/aromatic N) is 1. The van der Waals surface area contributed by atoms with E-state index in [2.05, 4.69) is 10.3 Å². The van der Waals surface area contributed by atoms with Gasteiger partial charge in [-0.1, -0.05) is 11.6 Å². The predicted octanol–water partition coefficient (Wildman–Crippen LogP) is 1.48. The van der Waals surface area contributed by atoms with E-state index in [1.807, 2.05) is 12.1 Å². The molecule has 2 heterocycles. The standard InChI is InChI=1S/C9H11ClN2O/c10-9-8(2-1-4-12-9)13-7-3-5-11-6-7/h1-2,4,7,11H,3,5-6H2. The first kappa shape index (κ1) is 8.78. The maximum absolute atomic E-state index is 5.85. The SMILES string of the molecule is Clc1ncccc1OC1CCNC1. The Labute approximate surface area is 82.1 Å². The molecule has 1 aliphatic rings. The van der Waals surface area contributed by atoms with Gasteiger partial charge >= 0.3 is 0 Å². The Morgan fingerprint density at radius 1 is 1.62 bits per heavy atom. The van der Waals surface area contributed by atoms with Crippen molar-refractivity contribution in [2.24, 2.45) is 0 Å². The zero-order valence-corrected chi connectivity index (χ0v) is 7.92. The van der Waals surface area contributed by atoms with Crippen molar-refractivity contribution in [1.29, 1.82) is 0 Å². The second-order valence-corrected chi connectivity index (χ2v) is 3.38. The molecule has 2 rings (SSSR count). The van der Waals surface area contributed by atoms with Crippen molar-refractivity contribution in [3.8, 4) is 5.75 Å². The van der Waals surface area contributed by atoms with E-state index in [1.54, 1.807) is 6.20 Å². The van der Waals surface area contributed by atoms with E-state index in [0.29, 0.717) is 10.9 Å². The van der Waals surface area contributed by atoms with Crippen LogP contribution in [-0.4, -0.2) is 24.2 Å². The molecule has 0 radical (unpaired) electrons. The number of hydrogen-bond donors (Lipinski definition) is 1. The summed E-state index contributed by atoms with van der Waals surface area (Å²) in [6.45, 7) is 1.91. The largest absolute Gasteiger partial charge is 0.486 e. The first-order valence-electron chi connectivity index (χ1n) is 4.34. The fourth-order valence-electron chi connectivity index (χ4n) is 1.37. The molecular formula is C9H11ClN2O. The van der Waals surface area contributed by atoms with Gasteiger partial charge in [0, 0.05) is 12.7 Å². The van der Waals surface area contributed by atoms with Crippen LogP contribution < -0.4 is 10.1 Å². The quantitative estimate of drug-likeness (QED) is 0.731. The highest BCUT2D eigenvalue weighted by Gasteiger charge is 2.16. The van der Waals surface area contributed by atoms with Crippen LogP contribution in [-0.2, 0) is 0 Å². The number of rotatable bonds is 2.